The van der Waals surface area contributed by atoms with Crippen LogP contribution in [0.15, 0.2) is 66.9 Å². The first kappa shape index (κ1) is 57.1. The summed E-state index contributed by atoms with van der Waals surface area (Å²) in [6, 6.07) is 11.8. The number of nitriles is 1. The summed E-state index contributed by atoms with van der Waals surface area (Å²) in [5, 5.41) is 14.1. The van der Waals surface area contributed by atoms with Crippen molar-refractivity contribution in [2.45, 2.75) is 96.8 Å². The van der Waals surface area contributed by atoms with E-state index in [0.717, 1.165) is 29.8 Å². The number of pyridine rings is 1. The number of carbonyl (C=O) groups is 4. The molecule has 1 aliphatic heterocycles. The largest absolute Gasteiger partial charge is 0.488 e. The monoisotopic (exact) mass is 1050 g/mol. The van der Waals surface area contributed by atoms with Crippen LogP contribution in [0.1, 0.15) is 82.6 Å². The summed E-state index contributed by atoms with van der Waals surface area (Å²) in [6.45, 7) is 7.56. The lowest BCUT2D eigenvalue weighted by atomic mass is 9.85. The fourth-order valence-corrected chi connectivity index (χ4v) is 8.35. The molecule has 3 amide bonds. The summed E-state index contributed by atoms with van der Waals surface area (Å²) in [4.78, 5) is 58.9. The van der Waals surface area contributed by atoms with E-state index in [0.29, 0.717) is 55.1 Å². The molecule has 0 saturated carbocycles. The van der Waals surface area contributed by atoms with E-state index in [1.807, 2.05) is 30.3 Å². The molecule has 1 fully saturated rings. The predicted molar refractivity (Wildman–Crippen MR) is 254 cm³/mol. The average molecular weight is 1050 g/mol. The third-order valence-electron chi connectivity index (χ3n) is 11.7. The maximum Gasteiger partial charge on any atom is 0.420 e. The van der Waals surface area contributed by atoms with Crippen molar-refractivity contribution in [1.82, 2.24) is 20.5 Å². The standard InChI is InChI=1S/C50H52F9N7O6S/c1-47(2,3)43(45(70)65-18-12-15-37(65)44(69)62-25-29-13-8-7-9-14-29)63-38(68)27-71-19-10-11-20-72-42-34(51)21-31(22-35(42)52)41-33(49(54,55)56)23-32(26-61-41)66(48(4,5)28-67)46(73)64(6)36-17-16-30(24-60)39(40(36)53)50(57,58)59/h7-9,13-14,16-17,21-23,26,28,37,43H,10-12,15,18-20,25,27H2,1-6H3,(H,62,69)(H,63,68)/t37-,43?/m0/s1. The Balaban J connectivity index is 1.21. The van der Waals surface area contributed by atoms with Crippen molar-refractivity contribution >= 4 is 52.7 Å². The molecular formula is C50H52F9N7O6S. The number of amides is 3. The van der Waals surface area contributed by atoms with E-state index in [4.69, 9.17) is 27.0 Å². The number of anilines is 2. The molecule has 1 aliphatic rings. The van der Waals surface area contributed by atoms with Gasteiger partial charge in [-0.2, -0.15) is 31.6 Å². The Morgan fingerprint density at radius 2 is 1.59 bits per heavy atom. The summed E-state index contributed by atoms with van der Waals surface area (Å²) in [6.07, 6.45) is -8.17. The van der Waals surface area contributed by atoms with Gasteiger partial charge in [-0.25, -0.2) is 13.2 Å². The number of likely N-dealkylation sites (tertiary alicyclic amines) is 1. The number of benzene rings is 3. The highest BCUT2D eigenvalue weighted by molar-refractivity contribution is 7.80. The van der Waals surface area contributed by atoms with Crippen LogP contribution in [-0.4, -0.2) is 90.0 Å². The van der Waals surface area contributed by atoms with E-state index in [-0.39, 0.29) is 38.2 Å². The molecule has 2 N–H and O–H groups in total. The van der Waals surface area contributed by atoms with Crippen molar-refractivity contribution in [2.75, 3.05) is 43.2 Å². The van der Waals surface area contributed by atoms with Gasteiger partial charge in [0.25, 0.3) is 0 Å². The van der Waals surface area contributed by atoms with E-state index in [1.165, 1.54) is 24.8 Å². The summed E-state index contributed by atoms with van der Waals surface area (Å²) in [5.41, 5.74) is -9.35. The smallest absolute Gasteiger partial charge is 0.420 e. The number of nitrogens with zero attached hydrogens (tertiary/aromatic N) is 5. The van der Waals surface area contributed by atoms with Crippen molar-refractivity contribution in [3.8, 4) is 23.1 Å². The lowest BCUT2D eigenvalue weighted by Gasteiger charge is -2.40. The number of alkyl halides is 6. The summed E-state index contributed by atoms with van der Waals surface area (Å²) < 4.78 is 143. The topological polar surface area (TPSA) is 157 Å². The third kappa shape index (κ3) is 13.8. The number of hydrogen-bond acceptors (Lipinski definition) is 9. The van der Waals surface area contributed by atoms with Gasteiger partial charge in [0, 0.05) is 32.3 Å². The molecule has 4 aromatic rings. The Kier molecular flexibility index (Phi) is 18.3. The van der Waals surface area contributed by atoms with Crippen molar-refractivity contribution in [3.05, 3.63) is 107 Å². The second kappa shape index (κ2) is 23.4. The number of hydrogen-bond donors (Lipinski definition) is 2. The van der Waals surface area contributed by atoms with Gasteiger partial charge in [0.15, 0.2) is 28.3 Å². The van der Waals surface area contributed by atoms with Crippen LogP contribution in [0.2, 0.25) is 0 Å². The van der Waals surface area contributed by atoms with Gasteiger partial charge in [-0.3, -0.25) is 19.4 Å². The van der Waals surface area contributed by atoms with Crippen molar-refractivity contribution in [1.29, 1.82) is 5.26 Å². The number of nitrogens with one attached hydrogen (secondary N) is 2. The molecule has 23 heteroatoms. The Morgan fingerprint density at radius 1 is 0.945 bits per heavy atom. The van der Waals surface area contributed by atoms with Gasteiger partial charge < -0.3 is 39.6 Å². The molecule has 5 rings (SSSR count). The number of thiocarbonyl (C=S) groups is 1. The van der Waals surface area contributed by atoms with E-state index in [9.17, 15) is 45.5 Å². The van der Waals surface area contributed by atoms with Crippen LogP contribution in [0.4, 0.5) is 50.9 Å². The maximum atomic E-state index is 15.4. The Morgan fingerprint density at radius 3 is 2.18 bits per heavy atom. The van der Waals surface area contributed by atoms with E-state index < -0.39 is 121 Å². The Bertz CT molecular complexity index is 2710. The first-order chi connectivity index (χ1) is 34.1. The molecule has 3 aromatic carbocycles. The van der Waals surface area contributed by atoms with Crippen molar-refractivity contribution in [3.63, 3.8) is 0 Å². The number of halogens is 9. The molecule has 73 heavy (non-hydrogen) atoms. The van der Waals surface area contributed by atoms with Crippen LogP contribution in [-0.2, 0) is 42.8 Å². The van der Waals surface area contributed by atoms with Gasteiger partial charge >= 0.3 is 12.4 Å². The summed E-state index contributed by atoms with van der Waals surface area (Å²) >= 11 is 5.41. The predicted octanol–water partition coefficient (Wildman–Crippen LogP) is 9.29. The molecule has 1 aromatic heterocycles. The lowest BCUT2D eigenvalue weighted by Crippen LogP contribution is -2.58. The quantitative estimate of drug-likeness (QED) is 0.0424. The van der Waals surface area contributed by atoms with Gasteiger partial charge in [-0.15, -0.1) is 0 Å². The number of carbonyl (C=O) groups excluding carboxylic acids is 4. The van der Waals surface area contributed by atoms with Crippen LogP contribution in [0.5, 0.6) is 5.75 Å². The molecule has 0 spiro atoms. The summed E-state index contributed by atoms with van der Waals surface area (Å²) in [5.74, 6) is -6.95. The SMILES string of the molecule is CN(C(=S)N(c1cnc(-c2cc(F)c(OCCCCOCC(=O)NC(C(=O)N3CCC[C@H]3C(=O)NCc3ccccc3)C(C)(C)C)c(F)c2)c(C(F)(F)F)c1)C(C)(C)C=O)c1ccc(C#N)c(C(F)(F)F)c1F. The highest BCUT2D eigenvalue weighted by atomic mass is 32.1. The van der Waals surface area contributed by atoms with Crippen LogP contribution in [0, 0.1) is 34.2 Å². The number of aromatic nitrogens is 1. The fraction of sp³-hybridized carbons (Fsp3) is 0.420. The average Bonchev–Trinajstić information content (AvgIpc) is 3.82. The normalized spacial score (nSPS) is 14.5. The fourth-order valence-electron chi connectivity index (χ4n) is 7.91. The maximum absolute atomic E-state index is 15.4. The number of ether oxygens (including phenoxy) is 2. The molecule has 2 atom stereocenters. The molecule has 1 unspecified atom stereocenters. The zero-order valence-electron chi connectivity index (χ0n) is 40.4. The van der Waals surface area contributed by atoms with Gasteiger partial charge in [0.05, 0.1) is 52.6 Å². The third-order valence-corrected chi connectivity index (χ3v) is 12.1. The van der Waals surface area contributed by atoms with Gasteiger partial charge in [-0.05, 0) is 93.1 Å². The number of unbranched alkanes of at least 4 members (excludes halogenated alkanes) is 1. The van der Waals surface area contributed by atoms with Gasteiger partial charge in [-0.1, -0.05) is 51.1 Å². The minimum absolute atomic E-state index is 0.0136. The first-order valence-electron chi connectivity index (χ1n) is 22.6. The first-order valence-corrected chi connectivity index (χ1v) is 23.1. The van der Waals surface area contributed by atoms with Crippen LogP contribution in [0.25, 0.3) is 11.3 Å². The Hall–Kier alpha value is -6.80. The van der Waals surface area contributed by atoms with Crippen LogP contribution >= 0.6 is 12.2 Å². The van der Waals surface area contributed by atoms with Crippen LogP contribution < -0.4 is 25.2 Å². The number of rotatable bonds is 18. The minimum Gasteiger partial charge on any atom is -0.488 e. The van der Waals surface area contributed by atoms with Crippen molar-refractivity contribution < 1.29 is 68.2 Å². The zero-order valence-corrected chi connectivity index (χ0v) is 41.3. The minimum atomic E-state index is -5.34. The molecule has 2 heterocycles. The molecule has 392 valence electrons. The van der Waals surface area contributed by atoms with Gasteiger partial charge in [0.2, 0.25) is 17.7 Å². The van der Waals surface area contributed by atoms with Gasteiger partial charge in [0.1, 0.15) is 30.5 Å². The molecule has 13 nitrogen and oxygen atoms in total. The number of aldehydes is 1. The van der Waals surface area contributed by atoms with E-state index >= 15 is 13.2 Å². The van der Waals surface area contributed by atoms with Crippen LogP contribution in [0.3, 0.4) is 0 Å². The Labute approximate surface area is 420 Å². The van der Waals surface area contributed by atoms with E-state index in [1.54, 1.807) is 20.8 Å². The zero-order chi connectivity index (χ0) is 54.2. The highest BCUT2D eigenvalue weighted by Gasteiger charge is 2.43. The highest BCUT2D eigenvalue weighted by Crippen LogP contribution is 2.42. The lowest BCUT2D eigenvalue weighted by molar-refractivity contribution is -0.144. The second-order valence-corrected chi connectivity index (χ2v) is 19.0. The molecule has 0 aliphatic carbocycles. The molecular weight excluding hydrogens is 998 g/mol. The molecule has 1 saturated heterocycles. The molecule has 0 bridgehead atoms. The second-order valence-electron chi connectivity index (χ2n) is 18.6. The summed E-state index contributed by atoms with van der Waals surface area (Å²) in [7, 11) is 0.982. The van der Waals surface area contributed by atoms with E-state index in [2.05, 4.69) is 15.6 Å². The molecule has 0 radical (unpaired) electrons. The van der Waals surface area contributed by atoms with Crippen molar-refractivity contribution in [2.24, 2.45) is 5.41 Å².